The lowest BCUT2D eigenvalue weighted by Gasteiger charge is -2.18. The molecule has 0 fully saturated rings. The van der Waals surface area contributed by atoms with Crippen LogP contribution in [-0.4, -0.2) is 25.3 Å². The molecule has 0 aliphatic carbocycles. The molecule has 0 N–H and O–H groups in total. The van der Waals surface area contributed by atoms with E-state index >= 15 is 0 Å². The number of benzene rings is 3. The average molecular weight is 511 g/mol. The minimum Gasteiger partial charge on any atom is -0.493 e. The summed E-state index contributed by atoms with van der Waals surface area (Å²) in [7, 11) is 0. The van der Waals surface area contributed by atoms with Crippen LogP contribution in [-0.2, 0) is 22.4 Å². The fraction of sp³-hybridized carbons (Fsp3) is 0.367. The molecule has 5 nitrogen and oxygen atoms in total. The third kappa shape index (κ3) is 8.49. The molecule has 36 heavy (non-hydrogen) atoms. The van der Waals surface area contributed by atoms with Crippen LogP contribution < -0.4 is 14.2 Å². The molecule has 0 saturated carbocycles. The summed E-state index contributed by atoms with van der Waals surface area (Å²) >= 11 is 6.20. The topological polar surface area (TPSA) is 54.0 Å². The van der Waals surface area contributed by atoms with E-state index in [1.807, 2.05) is 63.2 Å². The minimum absolute atomic E-state index is 0.0963. The van der Waals surface area contributed by atoms with Crippen molar-refractivity contribution in [3.63, 3.8) is 0 Å². The number of aryl methyl sites for hydroxylation is 3. The minimum atomic E-state index is -0.165. The van der Waals surface area contributed by atoms with Crippen LogP contribution >= 0.6 is 11.6 Å². The van der Waals surface area contributed by atoms with Gasteiger partial charge in [0.25, 0.3) is 0 Å². The summed E-state index contributed by atoms with van der Waals surface area (Å²) in [6.07, 6.45) is 2.52. The highest BCUT2D eigenvalue weighted by Crippen LogP contribution is 2.35. The Labute approximate surface area is 219 Å². The summed E-state index contributed by atoms with van der Waals surface area (Å²) in [6.45, 7) is 8.88. The van der Waals surface area contributed by atoms with E-state index in [1.54, 1.807) is 12.1 Å². The van der Waals surface area contributed by atoms with Gasteiger partial charge in [-0.25, -0.2) is 0 Å². The molecule has 0 saturated heterocycles. The van der Waals surface area contributed by atoms with Crippen LogP contribution in [0.2, 0.25) is 5.02 Å². The van der Waals surface area contributed by atoms with Gasteiger partial charge in [0.2, 0.25) is 0 Å². The molecule has 0 radical (unpaired) electrons. The maximum absolute atomic E-state index is 11.7. The first-order chi connectivity index (χ1) is 17.4. The largest absolute Gasteiger partial charge is 0.493 e. The Hall–Kier alpha value is -3.18. The van der Waals surface area contributed by atoms with Crippen molar-refractivity contribution in [3.05, 3.63) is 82.4 Å². The van der Waals surface area contributed by atoms with Gasteiger partial charge in [-0.2, -0.15) is 0 Å². The highest BCUT2D eigenvalue weighted by Gasteiger charge is 2.13. The van der Waals surface area contributed by atoms with E-state index in [4.69, 9.17) is 30.5 Å². The summed E-state index contributed by atoms with van der Waals surface area (Å²) < 4.78 is 23.2. The van der Waals surface area contributed by atoms with E-state index in [-0.39, 0.29) is 12.1 Å². The fourth-order valence-electron chi connectivity index (χ4n) is 3.75. The van der Waals surface area contributed by atoms with Gasteiger partial charge in [-0.05, 0) is 81.1 Å². The van der Waals surface area contributed by atoms with Crippen molar-refractivity contribution < 1.29 is 23.7 Å². The Bertz CT molecular complexity index is 1130. The maximum Gasteiger partial charge on any atom is 0.306 e. The molecule has 3 aromatic carbocycles. The van der Waals surface area contributed by atoms with Gasteiger partial charge in [0.15, 0.2) is 11.5 Å². The fourth-order valence-corrected chi connectivity index (χ4v) is 3.91. The number of ether oxygens (including phenoxy) is 4. The zero-order valence-corrected chi connectivity index (χ0v) is 22.3. The van der Waals surface area contributed by atoms with Crippen LogP contribution in [0.25, 0.3) is 0 Å². The number of carbonyl (C=O) groups excluding carboxylic acids is 1. The Morgan fingerprint density at radius 2 is 1.67 bits per heavy atom. The van der Waals surface area contributed by atoms with E-state index in [1.165, 1.54) is 5.56 Å². The van der Waals surface area contributed by atoms with Crippen LogP contribution in [0.1, 0.15) is 50.3 Å². The molecule has 3 aromatic rings. The van der Waals surface area contributed by atoms with Gasteiger partial charge >= 0.3 is 5.97 Å². The highest BCUT2D eigenvalue weighted by atomic mass is 35.5. The van der Waals surface area contributed by atoms with Crippen molar-refractivity contribution in [2.45, 2.75) is 59.5 Å². The van der Waals surface area contributed by atoms with Crippen molar-refractivity contribution >= 4 is 17.6 Å². The molecule has 0 spiro atoms. The van der Waals surface area contributed by atoms with Gasteiger partial charge in [0, 0.05) is 23.9 Å². The number of carbonyl (C=O) groups is 1. The molecule has 1 atom stereocenters. The second-order valence-electron chi connectivity index (χ2n) is 8.66. The van der Waals surface area contributed by atoms with Crippen molar-refractivity contribution in [1.29, 1.82) is 0 Å². The van der Waals surface area contributed by atoms with Gasteiger partial charge in [0.1, 0.15) is 11.5 Å². The van der Waals surface area contributed by atoms with E-state index < -0.39 is 0 Å². The normalized spacial score (nSPS) is 11.6. The third-order valence-corrected chi connectivity index (χ3v) is 5.97. The van der Waals surface area contributed by atoms with E-state index in [0.29, 0.717) is 49.0 Å². The molecule has 0 aliphatic rings. The van der Waals surface area contributed by atoms with Crippen LogP contribution in [0.4, 0.5) is 0 Å². The smallest absolute Gasteiger partial charge is 0.306 e. The quantitative estimate of drug-likeness (QED) is 0.220. The summed E-state index contributed by atoms with van der Waals surface area (Å²) in [5.74, 6) is 2.58. The maximum atomic E-state index is 11.7. The third-order valence-electron chi connectivity index (χ3n) is 5.74. The molecule has 3 rings (SSSR count). The summed E-state index contributed by atoms with van der Waals surface area (Å²) in [5, 5.41) is 0.581. The molecular formula is C30H35ClO5. The summed E-state index contributed by atoms with van der Waals surface area (Å²) in [4.78, 5) is 11.7. The van der Waals surface area contributed by atoms with Gasteiger partial charge in [-0.1, -0.05) is 42.3 Å². The molecule has 0 bridgehead atoms. The Kier molecular flexibility index (Phi) is 10.5. The Morgan fingerprint density at radius 3 is 2.39 bits per heavy atom. The standard InChI is InChI=1S/C30H35ClO5/c1-5-23-19-27(14-9-24(23)10-16-30(32)33-6-2)34-18-17-22(4)35-28-15-11-25(31)20-29(28)36-26-12-7-21(3)8-13-26/h7-9,11-15,19-20,22H,5-6,10,16-18H2,1-4H3/t22-/m1/s1. The molecule has 0 unspecified atom stereocenters. The lowest BCUT2D eigenvalue weighted by atomic mass is 10.0. The van der Waals surface area contributed by atoms with Gasteiger partial charge in [0.05, 0.1) is 19.3 Å². The Balaban J connectivity index is 1.54. The molecule has 0 aliphatic heterocycles. The van der Waals surface area contributed by atoms with Crippen LogP contribution in [0.5, 0.6) is 23.0 Å². The van der Waals surface area contributed by atoms with Crippen LogP contribution in [0, 0.1) is 6.92 Å². The predicted octanol–water partition coefficient (Wildman–Crippen LogP) is 7.74. The molecule has 0 amide bonds. The van der Waals surface area contributed by atoms with Gasteiger partial charge in [-0.3, -0.25) is 4.79 Å². The van der Waals surface area contributed by atoms with Gasteiger partial charge in [-0.15, -0.1) is 0 Å². The first kappa shape index (κ1) is 27.4. The van der Waals surface area contributed by atoms with Crippen molar-refractivity contribution in [2.24, 2.45) is 0 Å². The number of hydrogen-bond donors (Lipinski definition) is 0. The average Bonchev–Trinajstić information content (AvgIpc) is 2.86. The molecule has 0 heterocycles. The first-order valence-corrected chi connectivity index (χ1v) is 12.9. The lowest BCUT2D eigenvalue weighted by Crippen LogP contribution is -2.16. The first-order valence-electron chi connectivity index (χ1n) is 12.5. The predicted molar refractivity (Wildman–Crippen MR) is 144 cm³/mol. The number of hydrogen-bond acceptors (Lipinski definition) is 5. The number of esters is 1. The SMILES string of the molecule is CCOC(=O)CCc1ccc(OCC[C@@H](C)Oc2ccc(Cl)cc2Oc2ccc(C)cc2)cc1CC. The monoisotopic (exact) mass is 510 g/mol. The molecule has 6 heteroatoms. The molecular weight excluding hydrogens is 476 g/mol. The molecule has 0 aromatic heterocycles. The van der Waals surface area contributed by atoms with E-state index in [0.717, 1.165) is 29.0 Å². The van der Waals surface area contributed by atoms with Crippen molar-refractivity contribution in [3.8, 4) is 23.0 Å². The van der Waals surface area contributed by atoms with E-state index in [2.05, 4.69) is 13.0 Å². The molecule has 192 valence electrons. The van der Waals surface area contributed by atoms with Crippen molar-refractivity contribution in [1.82, 2.24) is 0 Å². The van der Waals surface area contributed by atoms with Crippen LogP contribution in [0.3, 0.4) is 0 Å². The highest BCUT2D eigenvalue weighted by molar-refractivity contribution is 6.30. The second kappa shape index (κ2) is 13.8. The zero-order valence-electron chi connectivity index (χ0n) is 21.5. The number of rotatable bonds is 13. The van der Waals surface area contributed by atoms with Crippen molar-refractivity contribution in [2.75, 3.05) is 13.2 Å². The van der Waals surface area contributed by atoms with Crippen LogP contribution in [0.15, 0.2) is 60.7 Å². The number of halogens is 1. The lowest BCUT2D eigenvalue weighted by molar-refractivity contribution is -0.143. The summed E-state index contributed by atoms with van der Waals surface area (Å²) in [5.41, 5.74) is 3.49. The second-order valence-corrected chi connectivity index (χ2v) is 9.10. The zero-order chi connectivity index (χ0) is 25.9. The van der Waals surface area contributed by atoms with Gasteiger partial charge < -0.3 is 18.9 Å². The Morgan fingerprint density at radius 1 is 0.917 bits per heavy atom. The van der Waals surface area contributed by atoms with E-state index in [9.17, 15) is 4.79 Å². The summed E-state index contributed by atoms with van der Waals surface area (Å²) in [6, 6.07) is 19.3.